The summed E-state index contributed by atoms with van der Waals surface area (Å²) in [5.74, 6) is 1.16. The van der Waals surface area contributed by atoms with Gasteiger partial charge in [0, 0.05) is 17.8 Å². The lowest BCUT2D eigenvalue weighted by Gasteiger charge is -2.38. The smallest absolute Gasteiger partial charge is 0.251 e. The van der Waals surface area contributed by atoms with E-state index in [0.29, 0.717) is 30.0 Å². The molecule has 0 aliphatic heterocycles. The molecule has 3 rings (SSSR count). The van der Waals surface area contributed by atoms with Crippen LogP contribution in [0.4, 0.5) is 0 Å². The number of carbonyl (C=O) groups excluding carboxylic acids is 1. The van der Waals surface area contributed by atoms with Crippen molar-refractivity contribution in [3.63, 3.8) is 0 Å². The monoisotopic (exact) mass is 342 g/mol. The van der Waals surface area contributed by atoms with E-state index in [2.05, 4.69) is 10.3 Å². The molecule has 132 valence electrons. The van der Waals surface area contributed by atoms with E-state index in [1.807, 2.05) is 6.07 Å². The van der Waals surface area contributed by atoms with Crippen LogP contribution in [0.5, 0.6) is 11.6 Å². The molecule has 0 bridgehead atoms. The fourth-order valence-corrected chi connectivity index (χ4v) is 3.06. The standard InChI is InChI=1S/C19H22N2O4/c1-24-16-5-3-4-12(10-16)19(23)21-18(14-8-15(22)9-14)13-6-7-17(25-2)20-11-13/h3-7,10-11,14-15,18,22H,8-9H2,1-2H3,(H,21,23)/t14?,15?,18-/m1/s1. The van der Waals surface area contributed by atoms with Crippen molar-refractivity contribution in [1.29, 1.82) is 0 Å². The first kappa shape index (κ1) is 17.2. The van der Waals surface area contributed by atoms with Gasteiger partial charge in [0.15, 0.2) is 0 Å². The van der Waals surface area contributed by atoms with Crippen LogP contribution in [0.25, 0.3) is 0 Å². The molecule has 6 heteroatoms. The van der Waals surface area contributed by atoms with Gasteiger partial charge in [0.25, 0.3) is 5.91 Å². The van der Waals surface area contributed by atoms with Crippen molar-refractivity contribution in [2.75, 3.05) is 14.2 Å². The molecule has 0 radical (unpaired) electrons. The highest BCUT2D eigenvalue weighted by atomic mass is 16.5. The van der Waals surface area contributed by atoms with Gasteiger partial charge in [0.05, 0.1) is 26.4 Å². The maximum atomic E-state index is 12.7. The summed E-state index contributed by atoms with van der Waals surface area (Å²) in [5.41, 5.74) is 1.43. The number of aromatic nitrogens is 1. The molecule has 1 aliphatic carbocycles. The second-order valence-electron chi connectivity index (χ2n) is 6.20. The molecule has 1 fully saturated rings. The van der Waals surface area contributed by atoms with E-state index in [0.717, 1.165) is 5.56 Å². The molecule has 2 aromatic rings. The van der Waals surface area contributed by atoms with E-state index in [4.69, 9.17) is 9.47 Å². The molecule has 0 unspecified atom stereocenters. The lowest BCUT2D eigenvalue weighted by atomic mass is 9.75. The highest BCUT2D eigenvalue weighted by molar-refractivity contribution is 5.94. The molecule has 25 heavy (non-hydrogen) atoms. The summed E-state index contributed by atoms with van der Waals surface area (Å²) in [5, 5.41) is 12.7. The van der Waals surface area contributed by atoms with Gasteiger partial charge >= 0.3 is 0 Å². The molecule has 1 amide bonds. The minimum Gasteiger partial charge on any atom is -0.497 e. The van der Waals surface area contributed by atoms with E-state index < -0.39 is 0 Å². The molecular weight excluding hydrogens is 320 g/mol. The molecule has 1 atom stereocenters. The summed E-state index contributed by atoms with van der Waals surface area (Å²) >= 11 is 0. The molecule has 0 spiro atoms. The molecular formula is C19H22N2O4. The van der Waals surface area contributed by atoms with Crippen LogP contribution in [0.1, 0.15) is 34.8 Å². The number of rotatable bonds is 6. The Morgan fingerprint density at radius 3 is 2.64 bits per heavy atom. The first-order valence-corrected chi connectivity index (χ1v) is 8.23. The van der Waals surface area contributed by atoms with Gasteiger partial charge in [-0.15, -0.1) is 0 Å². The third-order valence-electron chi connectivity index (χ3n) is 4.57. The van der Waals surface area contributed by atoms with Crippen LogP contribution >= 0.6 is 0 Å². The number of pyridine rings is 1. The third-order valence-corrected chi connectivity index (χ3v) is 4.57. The van der Waals surface area contributed by atoms with Crippen LogP contribution in [0.3, 0.4) is 0 Å². The van der Waals surface area contributed by atoms with Crippen LogP contribution in [0.15, 0.2) is 42.6 Å². The Bertz CT molecular complexity index is 726. The van der Waals surface area contributed by atoms with Crippen molar-refractivity contribution < 1.29 is 19.4 Å². The third kappa shape index (κ3) is 3.91. The molecule has 1 aromatic heterocycles. The maximum Gasteiger partial charge on any atom is 0.251 e. The van der Waals surface area contributed by atoms with Gasteiger partial charge < -0.3 is 19.9 Å². The van der Waals surface area contributed by atoms with Gasteiger partial charge in [-0.25, -0.2) is 4.98 Å². The lowest BCUT2D eigenvalue weighted by Crippen LogP contribution is -2.41. The summed E-state index contributed by atoms with van der Waals surface area (Å²) in [6.45, 7) is 0. The number of methoxy groups -OCH3 is 2. The largest absolute Gasteiger partial charge is 0.497 e. The second-order valence-corrected chi connectivity index (χ2v) is 6.20. The van der Waals surface area contributed by atoms with E-state index in [1.165, 1.54) is 0 Å². The van der Waals surface area contributed by atoms with E-state index >= 15 is 0 Å². The Hall–Kier alpha value is -2.60. The predicted octanol–water partition coefficient (Wildman–Crippen LogP) is 2.34. The minimum atomic E-state index is -0.299. The van der Waals surface area contributed by atoms with Crippen molar-refractivity contribution >= 4 is 5.91 Å². The van der Waals surface area contributed by atoms with Crippen molar-refractivity contribution in [3.05, 3.63) is 53.7 Å². The van der Waals surface area contributed by atoms with Gasteiger partial charge in [0.2, 0.25) is 5.88 Å². The number of nitrogens with zero attached hydrogens (tertiary/aromatic N) is 1. The second kappa shape index (κ2) is 7.53. The van der Waals surface area contributed by atoms with Gasteiger partial charge in [-0.1, -0.05) is 12.1 Å². The molecule has 2 N–H and O–H groups in total. The van der Waals surface area contributed by atoms with E-state index in [-0.39, 0.29) is 24.0 Å². The molecule has 6 nitrogen and oxygen atoms in total. The normalized spacial score (nSPS) is 20.3. The van der Waals surface area contributed by atoms with Crippen molar-refractivity contribution in [2.24, 2.45) is 5.92 Å². The number of nitrogens with one attached hydrogen (secondary N) is 1. The van der Waals surface area contributed by atoms with Crippen LogP contribution in [-0.4, -0.2) is 36.3 Å². The summed E-state index contributed by atoms with van der Waals surface area (Å²) in [4.78, 5) is 16.9. The van der Waals surface area contributed by atoms with Crippen molar-refractivity contribution in [3.8, 4) is 11.6 Å². The number of hydrogen-bond acceptors (Lipinski definition) is 5. The number of aliphatic hydroxyl groups excluding tert-OH is 1. The lowest BCUT2D eigenvalue weighted by molar-refractivity contribution is 0.0234. The van der Waals surface area contributed by atoms with Gasteiger partial charge in [-0.2, -0.15) is 0 Å². The summed E-state index contributed by atoms with van der Waals surface area (Å²) in [7, 11) is 3.13. The van der Waals surface area contributed by atoms with Crippen LogP contribution < -0.4 is 14.8 Å². The molecule has 1 aromatic carbocycles. The topological polar surface area (TPSA) is 80.7 Å². The Balaban J connectivity index is 1.80. The maximum absolute atomic E-state index is 12.7. The zero-order valence-electron chi connectivity index (χ0n) is 14.3. The molecule has 0 saturated heterocycles. The quantitative estimate of drug-likeness (QED) is 0.842. The first-order chi connectivity index (χ1) is 12.1. The number of carbonyl (C=O) groups is 1. The van der Waals surface area contributed by atoms with Crippen LogP contribution in [-0.2, 0) is 0 Å². The SMILES string of the molecule is COc1cccc(C(=O)N[C@H](c2ccc(OC)nc2)C2CC(O)C2)c1. The molecule has 1 heterocycles. The Morgan fingerprint density at radius 2 is 2.04 bits per heavy atom. The van der Waals surface area contributed by atoms with Crippen LogP contribution in [0.2, 0.25) is 0 Å². The first-order valence-electron chi connectivity index (χ1n) is 8.23. The fraction of sp³-hybridized carbons (Fsp3) is 0.368. The Labute approximate surface area is 146 Å². The number of amides is 1. The van der Waals surface area contributed by atoms with Gasteiger partial charge in [-0.05, 0) is 42.5 Å². The Morgan fingerprint density at radius 1 is 1.24 bits per heavy atom. The summed E-state index contributed by atoms with van der Waals surface area (Å²) in [6, 6.07) is 10.5. The predicted molar refractivity (Wildman–Crippen MR) is 92.7 cm³/mol. The van der Waals surface area contributed by atoms with Crippen molar-refractivity contribution in [2.45, 2.75) is 25.0 Å². The fourth-order valence-electron chi connectivity index (χ4n) is 3.06. The highest BCUT2D eigenvalue weighted by Gasteiger charge is 2.36. The van der Waals surface area contributed by atoms with Crippen LogP contribution in [0, 0.1) is 5.92 Å². The number of benzene rings is 1. The average molecular weight is 342 g/mol. The molecule has 1 saturated carbocycles. The number of ether oxygens (including phenoxy) is 2. The van der Waals surface area contributed by atoms with Crippen molar-refractivity contribution in [1.82, 2.24) is 10.3 Å². The number of aliphatic hydroxyl groups is 1. The highest BCUT2D eigenvalue weighted by Crippen LogP contribution is 2.38. The van der Waals surface area contributed by atoms with E-state index in [9.17, 15) is 9.90 Å². The summed E-state index contributed by atoms with van der Waals surface area (Å²) in [6.07, 6.45) is 2.73. The average Bonchev–Trinajstić information content (AvgIpc) is 2.64. The van der Waals surface area contributed by atoms with Gasteiger partial charge in [0.1, 0.15) is 5.75 Å². The Kier molecular flexibility index (Phi) is 5.19. The zero-order chi connectivity index (χ0) is 17.8. The van der Waals surface area contributed by atoms with Gasteiger partial charge in [-0.3, -0.25) is 4.79 Å². The van der Waals surface area contributed by atoms with E-state index in [1.54, 1.807) is 50.7 Å². The number of hydrogen-bond donors (Lipinski definition) is 2. The molecule has 1 aliphatic rings. The zero-order valence-corrected chi connectivity index (χ0v) is 14.3. The minimum absolute atomic E-state index is 0.180. The summed E-state index contributed by atoms with van der Waals surface area (Å²) < 4.78 is 10.3.